The van der Waals surface area contributed by atoms with Gasteiger partial charge in [-0.15, -0.1) is 0 Å². The summed E-state index contributed by atoms with van der Waals surface area (Å²) in [5.74, 6) is 1.49. The van der Waals surface area contributed by atoms with Crippen molar-refractivity contribution in [1.82, 2.24) is 0 Å². The summed E-state index contributed by atoms with van der Waals surface area (Å²) in [7, 11) is 1.70. The SMILES string of the molecule is COc1ccc(C(C)(C)C2C=CC=CC2)cc1. The second kappa shape index (κ2) is 4.79. The highest BCUT2D eigenvalue weighted by Gasteiger charge is 2.29. The smallest absolute Gasteiger partial charge is 0.118 e. The third-order valence-electron chi connectivity index (χ3n) is 3.74. The summed E-state index contributed by atoms with van der Waals surface area (Å²) in [6, 6.07) is 8.43. The fourth-order valence-corrected chi connectivity index (χ4v) is 2.35. The maximum absolute atomic E-state index is 5.20. The van der Waals surface area contributed by atoms with E-state index in [0.29, 0.717) is 5.92 Å². The topological polar surface area (TPSA) is 9.23 Å². The van der Waals surface area contributed by atoms with E-state index >= 15 is 0 Å². The van der Waals surface area contributed by atoms with Gasteiger partial charge in [0.15, 0.2) is 0 Å². The number of hydrogen-bond donors (Lipinski definition) is 0. The molecule has 0 saturated heterocycles. The van der Waals surface area contributed by atoms with Crippen molar-refractivity contribution in [2.45, 2.75) is 25.7 Å². The maximum atomic E-state index is 5.20. The molecular formula is C16H20O. The van der Waals surface area contributed by atoms with E-state index in [9.17, 15) is 0 Å². The minimum absolute atomic E-state index is 0.160. The zero-order valence-electron chi connectivity index (χ0n) is 10.8. The monoisotopic (exact) mass is 228 g/mol. The lowest BCUT2D eigenvalue weighted by Crippen LogP contribution is -2.27. The molecule has 1 aromatic rings. The largest absolute Gasteiger partial charge is 0.497 e. The Morgan fingerprint density at radius 2 is 1.82 bits per heavy atom. The Morgan fingerprint density at radius 3 is 2.35 bits per heavy atom. The first-order chi connectivity index (χ1) is 8.14. The predicted molar refractivity (Wildman–Crippen MR) is 72.4 cm³/mol. The quantitative estimate of drug-likeness (QED) is 0.756. The molecule has 1 nitrogen and oxygen atoms in total. The average molecular weight is 228 g/mol. The molecule has 1 atom stereocenters. The van der Waals surface area contributed by atoms with Crippen LogP contribution in [0, 0.1) is 5.92 Å². The number of allylic oxidation sites excluding steroid dienone is 4. The molecule has 0 bridgehead atoms. The first-order valence-corrected chi connectivity index (χ1v) is 6.12. The number of methoxy groups -OCH3 is 1. The maximum Gasteiger partial charge on any atom is 0.118 e. The van der Waals surface area contributed by atoms with Gasteiger partial charge in [-0.1, -0.05) is 50.3 Å². The zero-order chi connectivity index (χ0) is 12.3. The highest BCUT2D eigenvalue weighted by Crippen LogP contribution is 2.36. The molecule has 0 saturated carbocycles. The Kier molecular flexibility index (Phi) is 3.37. The first kappa shape index (κ1) is 12.0. The van der Waals surface area contributed by atoms with E-state index in [0.717, 1.165) is 12.2 Å². The third kappa shape index (κ3) is 2.44. The van der Waals surface area contributed by atoms with E-state index in [1.807, 2.05) is 12.1 Å². The second-order valence-corrected chi connectivity index (χ2v) is 5.11. The van der Waals surface area contributed by atoms with Crippen LogP contribution in [0.1, 0.15) is 25.8 Å². The van der Waals surface area contributed by atoms with Gasteiger partial charge in [0.25, 0.3) is 0 Å². The number of hydrogen-bond acceptors (Lipinski definition) is 1. The van der Waals surface area contributed by atoms with Crippen LogP contribution in [0.2, 0.25) is 0 Å². The van der Waals surface area contributed by atoms with Crippen LogP contribution in [0.25, 0.3) is 0 Å². The second-order valence-electron chi connectivity index (χ2n) is 5.11. The minimum atomic E-state index is 0.160. The highest BCUT2D eigenvalue weighted by molar-refractivity contribution is 5.33. The summed E-state index contributed by atoms with van der Waals surface area (Å²) in [6.45, 7) is 4.62. The molecule has 1 aliphatic rings. The van der Waals surface area contributed by atoms with Crippen molar-refractivity contribution in [3.05, 3.63) is 54.1 Å². The van der Waals surface area contributed by atoms with Gasteiger partial charge in [-0.25, -0.2) is 0 Å². The molecule has 17 heavy (non-hydrogen) atoms. The van der Waals surface area contributed by atoms with Crippen LogP contribution in [-0.4, -0.2) is 7.11 Å². The normalized spacial score (nSPS) is 19.4. The van der Waals surface area contributed by atoms with Gasteiger partial charge in [0.05, 0.1) is 7.11 Å². The molecule has 1 aliphatic carbocycles. The molecule has 0 radical (unpaired) electrons. The summed E-state index contributed by atoms with van der Waals surface area (Å²) in [6.07, 6.45) is 9.95. The van der Waals surface area contributed by atoms with E-state index in [1.165, 1.54) is 5.56 Å². The summed E-state index contributed by atoms with van der Waals surface area (Å²) < 4.78 is 5.20. The molecule has 90 valence electrons. The molecule has 1 aromatic carbocycles. The fourth-order valence-electron chi connectivity index (χ4n) is 2.35. The van der Waals surface area contributed by atoms with E-state index in [-0.39, 0.29) is 5.41 Å². The molecule has 2 rings (SSSR count). The average Bonchev–Trinajstić information content (AvgIpc) is 2.40. The molecule has 0 spiro atoms. The molecule has 1 unspecified atom stereocenters. The van der Waals surface area contributed by atoms with Crippen LogP contribution in [-0.2, 0) is 5.41 Å². The molecule has 0 heterocycles. The molecule has 0 N–H and O–H groups in total. The summed E-state index contributed by atoms with van der Waals surface area (Å²) >= 11 is 0. The number of benzene rings is 1. The van der Waals surface area contributed by atoms with Gasteiger partial charge in [0.1, 0.15) is 5.75 Å². The highest BCUT2D eigenvalue weighted by atomic mass is 16.5. The zero-order valence-corrected chi connectivity index (χ0v) is 10.8. The van der Waals surface area contributed by atoms with Gasteiger partial charge in [-0.3, -0.25) is 0 Å². The third-order valence-corrected chi connectivity index (χ3v) is 3.74. The first-order valence-electron chi connectivity index (χ1n) is 6.12. The summed E-state index contributed by atoms with van der Waals surface area (Å²) in [5.41, 5.74) is 1.52. The Hall–Kier alpha value is -1.50. The Morgan fingerprint density at radius 1 is 1.12 bits per heavy atom. The van der Waals surface area contributed by atoms with Gasteiger partial charge in [0.2, 0.25) is 0 Å². The van der Waals surface area contributed by atoms with E-state index in [2.05, 4.69) is 50.3 Å². The van der Waals surface area contributed by atoms with Crippen molar-refractivity contribution in [3.8, 4) is 5.75 Å². The van der Waals surface area contributed by atoms with Gasteiger partial charge >= 0.3 is 0 Å². The minimum Gasteiger partial charge on any atom is -0.497 e. The van der Waals surface area contributed by atoms with Crippen molar-refractivity contribution >= 4 is 0 Å². The molecule has 0 amide bonds. The summed E-state index contributed by atoms with van der Waals surface area (Å²) in [4.78, 5) is 0. The van der Waals surface area contributed by atoms with Crippen molar-refractivity contribution < 1.29 is 4.74 Å². The molecular weight excluding hydrogens is 208 g/mol. The predicted octanol–water partition coefficient (Wildman–Crippen LogP) is 4.11. The van der Waals surface area contributed by atoms with E-state index in [1.54, 1.807) is 7.11 Å². The van der Waals surface area contributed by atoms with Crippen LogP contribution in [0.4, 0.5) is 0 Å². The van der Waals surface area contributed by atoms with Crippen molar-refractivity contribution in [2.75, 3.05) is 7.11 Å². The standard InChI is InChI=1S/C16H20O/c1-16(2,13-7-5-4-6-8-13)14-9-11-15(17-3)12-10-14/h4-7,9-13H,8H2,1-3H3. The lowest BCUT2D eigenvalue weighted by molar-refractivity contribution is 0.380. The van der Waals surface area contributed by atoms with Crippen LogP contribution in [0.15, 0.2) is 48.6 Å². The number of ether oxygens (including phenoxy) is 1. The van der Waals surface area contributed by atoms with Crippen molar-refractivity contribution in [3.63, 3.8) is 0 Å². The number of rotatable bonds is 3. The van der Waals surface area contributed by atoms with Crippen LogP contribution >= 0.6 is 0 Å². The molecule has 0 aromatic heterocycles. The Labute approximate surface area is 104 Å². The molecule has 0 fully saturated rings. The van der Waals surface area contributed by atoms with Crippen molar-refractivity contribution in [2.24, 2.45) is 5.92 Å². The van der Waals surface area contributed by atoms with E-state index < -0.39 is 0 Å². The van der Waals surface area contributed by atoms with Crippen molar-refractivity contribution in [1.29, 1.82) is 0 Å². The lowest BCUT2D eigenvalue weighted by atomic mass is 9.71. The summed E-state index contributed by atoms with van der Waals surface area (Å²) in [5, 5.41) is 0. The van der Waals surface area contributed by atoms with Gasteiger partial charge in [-0.2, -0.15) is 0 Å². The van der Waals surface area contributed by atoms with Gasteiger partial charge in [-0.05, 0) is 35.4 Å². The van der Waals surface area contributed by atoms with Crippen LogP contribution in [0.5, 0.6) is 5.75 Å². The van der Waals surface area contributed by atoms with Crippen LogP contribution in [0.3, 0.4) is 0 Å². The molecule has 0 aliphatic heterocycles. The van der Waals surface area contributed by atoms with Crippen LogP contribution < -0.4 is 4.74 Å². The Balaban J connectivity index is 2.24. The van der Waals surface area contributed by atoms with Gasteiger partial charge < -0.3 is 4.74 Å². The Bertz CT molecular complexity index is 423. The fraction of sp³-hybridized carbons (Fsp3) is 0.375. The van der Waals surface area contributed by atoms with E-state index in [4.69, 9.17) is 4.74 Å². The molecule has 1 heteroatoms. The van der Waals surface area contributed by atoms with Gasteiger partial charge in [0, 0.05) is 0 Å². The lowest BCUT2D eigenvalue weighted by Gasteiger charge is -2.33.